The van der Waals surface area contributed by atoms with Crippen molar-refractivity contribution in [3.8, 4) is 0 Å². The van der Waals surface area contributed by atoms with E-state index in [4.69, 9.17) is 4.42 Å². The number of sulfonamides is 1. The summed E-state index contributed by atoms with van der Waals surface area (Å²) in [4.78, 5) is 12.4. The van der Waals surface area contributed by atoms with Crippen molar-refractivity contribution >= 4 is 21.9 Å². The van der Waals surface area contributed by atoms with Crippen LogP contribution in [-0.4, -0.2) is 41.4 Å². The number of hydrogen-bond donors (Lipinski definition) is 1. The summed E-state index contributed by atoms with van der Waals surface area (Å²) in [5, 5.41) is 9.80. The molecule has 1 aliphatic heterocycles. The number of benzene rings is 1. The third kappa shape index (κ3) is 3.78. The van der Waals surface area contributed by atoms with Gasteiger partial charge in [-0.2, -0.15) is 4.31 Å². The summed E-state index contributed by atoms with van der Waals surface area (Å²) in [6.45, 7) is 4.16. The molecule has 1 aliphatic rings. The molecule has 1 aromatic heterocycles. The second-order valence-electron chi connectivity index (χ2n) is 6.28. The Morgan fingerprint density at radius 2 is 2.00 bits per heavy atom. The van der Waals surface area contributed by atoms with E-state index < -0.39 is 15.9 Å². The number of piperidine rings is 1. The van der Waals surface area contributed by atoms with Crippen molar-refractivity contribution in [3.63, 3.8) is 0 Å². The predicted octanol–water partition coefficient (Wildman–Crippen LogP) is 2.58. The first-order valence-electron chi connectivity index (χ1n) is 8.65. The molecule has 26 heavy (non-hydrogen) atoms. The summed E-state index contributed by atoms with van der Waals surface area (Å²) in [7, 11) is -3.56. The van der Waals surface area contributed by atoms with Crippen LogP contribution in [0.25, 0.3) is 0 Å². The minimum absolute atomic E-state index is 0.00306. The highest BCUT2D eigenvalue weighted by Crippen LogP contribution is 2.27. The molecule has 8 nitrogen and oxygen atoms in total. The van der Waals surface area contributed by atoms with Crippen molar-refractivity contribution in [2.75, 3.05) is 11.9 Å². The van der Waals surface area contributed by atoms with E-state index in [1.54, 1.807) is 11.2 Å². The second kappa shape index (κ2) is 7.55. The first-order chi connectivity index (χ1) is 12.4. The minimum atomic E-state index is -3.56. The van der Waals surface area contributed by atoms with Crippen LogP contribution in [0, 0.1) is 6.92 Å². The third-order valence-electron chi connectivity index (χ3n) is 4.51. The summed E-state index contributed by atoms with van der Waals surface area (Å²) < 4.78 is 32.5. The van der Waals surface area contributed by atoms with Gasteiger partial charge in [0.05, 0.1) is 4.90 Å². The number of aryl methyl sites for hydroxylation is 1. The molecule has 1 unspecified atom stereocenters. The van der Waals surface area contributed by atoms with Gasteiger partial charge in [-0.3, -0.25) is 10.1 Å². The molecule has 0 radical (unpaired) electrons. The van der Waals surface area contributed by atoms with E-state index in [2.05, 4.69) is 15.5 Å². The zero-order valence-corrected chi connectivity index (χ0v) is 15.6. The predicted molar refractivity (Wildman–Crippen MR) is 95.3 cm³/mol. The summed E-state index contributed by atoms with van der Waals surface area (Å²) >= 11 is 0. The Kier molecular flexibility index (Phi) is 5.38. The molecule has 9 heteroatoms. The Hall–Kier alpha value is -2.26. The van der Waals surface area contributed by atoms with Gasteiger partial charge < -0.3 is 4.42 Å². The lowest BCUT2D eigenvalue weighted by atomic mass is 10.0. The van der Waals surface area contributed by atoms with E-state index in [9.17, 15) is 13.2 Å². The van der Waals surface area contributed by atoms with Gasteiger partial charge in [0.25, 0.3) is 5.91 Å². The molecule has 2 aromatic rings. The fourth-order valence-electron chi connectivity index (χ4n) is 3.13. The maximum Gasteiger partial charge on any atom is 0.322 e. The van der Waals surface area contributed by atoms with Gasteiger partial charge in [0.15, 0.2) is 0 Å². The lowest BCUT2D eigenvalue weighted by Crippen LogP contribution is -2.43. The fraction of sp³-hybridized carbons (Fsp3) is 0.471. The summed E-state index contributed by atoms with van der Waals surface area (Å²) in [5.41, 5.74) is 0.311. The number of nitrogens with zero attached hydrogens (tertiary/aromatic N) is 3. The summed E-state index contributed by atoms with van der Waals surface area (Å²) in [6.07, 6.45) is 3.61. The van der Waals surface area contributed by atoms with Crippen molar-refractivity contribution in [1.82, 2.24) is 14.5 Å². The molecule has 0 saturated carbocycles. The van der Waals surface area contributed by atoms with Crippen molar-refractivity contribution in [1.29, 1.82) is 0 Å². The van der Waals surface area contributed by atoms with E-state index >= 15 is 0 Å². The number of carbonyl (C=O) groups is 1. The Balaban J connectivity index is 1.76. The molecule has 0 spiro atoms. The largest absolute Gasteiger partial charge is 0.408 e. The minimum Gasteiger partial charge on any atom is -0.408 e. The van der Waals surface area contributed by atoms with Gasteiger partial charge in [0, 0.05) is 25.1 Å². The Bertz CT molecular complexity index is 876. The van der Waals surface area contributed by atoms with E-state index in [0.717, 1.165) is 25.7 Å². The molecule has 0 aliphatic carbocycles. The molecular formula is C17H22N4O4S. The SMILES string of the molecule is CCC1CCCCN1S(=O)(=O)c1ccc(C(=O)Nc2nnc(C)o2)cc1. The van der Waals surface area contributed by atoms with E-state index in [1.807, 2.05) is 6.92 Å². The van der Waals surface area contributed by atoms with Crippen LogP contribution in [-0.2, 0) is 10.0 Å². The molecule has 1 saturated heterocycles. The third-order valence-corrected chi connectivity index (χ3v) is 6.48. The molecule has 1 aromatic carbocycles. The van der Waals surface area contributed by atoms with Gasteiger partial charge in [0.1, 0.15) is 0 Å². The number of aromatic nitrogens is 2. The Morgan fingerprint density at radius 1 is 1.27 bits per heavy atom. The highest BCUT2D eigenvalue weighted by atomic mass is 32.2. The average molecular weight is 378 g/mol. The van der Waals surface area contributed by atoms with Crippen LogP contribution in [0.2, 0.25) is 0 Å². The molecule has 1 amide bonds. The monoisotopic (exact) mass is 378 g/mol. The van der Waals surface area contributed by atoms with Crippen LogP contribution in [0.4, 0.5) is 6.01 Å². The number of nitrogens with one attached hydrogen (secondary N) is 1. The average Bonchev–Trinajstić information content (AvgIpc) is 3.06. The number of anilines is 1. The van der Waals surface area contributed by atoms with E-state index in [0.29, 0.717) is 18.0 Å². The molecule has 1 N–H and O–H groups in total. The van der Waals surface area contributed by atoms with Crippen LogP contribution in [0.1, 0.15) is 48.9 Å². The van der Waals surface area contributed by atoms with Crippen molar-refractivity contribution < 1.29 is 17.6 Å². The maximum atomic E-state index is 12.9. The molecular weight excluding hydrogens is 356 g/mol. The number of amides is 1. The zero-order valence-electron chi connectivity index (χ0n) is 14.8. The smallest absolute Gasteiger partial charge is 0.322 e. The number of rotatable bonds is 5. The molecule has 1 atom stereocenters. The Morgan fingerprint density at radius 3 is 2.62 bits per heavy atom. The van der Waals surface area contributed by atoms with Gasteiger partial charge in [-0.15, -0.1) is 5.10 Å². The highest BCUT2D eigenvalue weighted by Gasteiger charge is 2.32. The van der Waals surface area contributed by atoms with Crippen LogP contribution in [0.3, 0.4) is 0 Å². The van der Waals surface area contributed by atoms with E-state index in [1.165, 1.54) is 24.3 Å². The van der Waals surface area contributed by atoms with Crippen LogP contribution in [0.5, 0.6) is 0 Å². The number of carbonyl (C=O) groups excluding carboxylic acids is 1. The van der Waals surface area contributed by atoms with Crippen molar-refractivity contribution in [2.45, 2.75) is 50.5 Å². The highest BCUT2D eigenvalue weighted by molar-refractivity contribution is 7.89. The molecule has 140 valence electrons. The first-order valence-corrected chi connectivity index (χ1v) is 10.1. The Labute approximate surface area is 152 Å². The lowest BCUT2D eigenvalue weighted by Gasteiger charge is -2.34. The van der Waals surface area contributed by atoms with Gasteiger partial charge in [0.2, 0.25) is 15.9 Å². The number of hydrogen-bond acceptors (Lipinski definition) is 6. The normalized spacial score (nSPS) is 18.6. The molecule has 3 rings (SSSR count). The van der Waals surface area contributed by atoms with Gasteiger partial charge >= 0.3 is 6.01 Å². The van der Waals surface area contributed by atoms with Gasteiger partial charge in [-0.25, -0.2) is 8.42 Å². The zero-order chi connectivity index (χ0) is 18.7. The molecule has 1 fully saturated rings. The molecule has 0 bridgehead atoms. The maximum absolute atomic E-state index is 12.9. The van der Waals surface area contributed by atoms with Crippen molar-refractivity contribution in [3.05, 3.63) is 35.7 Å². The van der Waals surface area contributed by atoms with Crippen LogP contribution < -0.4 is 5.32 Å². The topological polar surface area (TPSA) is 105 Å². The van der Waals surface area contributed by atoms with Crippen molar-refractivity contribution in [2.24, 2.45) is 0 Å². The van der Waals surface area contributed by atoms with Crippen LogP contribution >= 0.6 is 0 Å². The second-order valence-corrected chi connectivity index (χ2v) is 8.17. The first kappa shape index (κ1) is 18.5. The fourth-order valence-corrected chi connectivity index (χ4v) is 4.90. The quantitative estimate of drug-likeness (QED) is 0.857. The van der Waals surface area contributed by atoms with Gasteiger partial charge in [-0.05, 0) is 43.5 Å². The van der Waals surface area contributed by atoms with Gasteiger partial charge in [-0.1, -0.05) is 18.4 Å². The summed E-state index contributed by atoms with van der Waals surface area (Å²) in [6, 6.07) is 5.93. The standard InChI is InChI=1S/C17H22N4O4S/c1-3-14-6-4-5-11-21(14)26(23,24)15-9-7-13(8-10-15)16(22)18-17-20-19-12(2)25-17/h7-10,14H,3-6,11H2,1-2H3,(H,18,20,22). The van der Waals surface area contributed by atoms with E-state index in [-0.39, 0.29) is 17.0 Å². The molecule has 2 heterocycles. The lowest BCUT2D eigenvalue weighted by molar-refractivity contribution is 0.102. The van der Waals surface area contributed by atoms with Crippen LogP contribution in [0.15, 0.2) is 33.6 Å². The summed E-state index contributed by atoms with van der Waals surface area (Å²) in [5.74, 6) is -0.101.